The minimum atomic E-state index is -0.409. The lowest BCUT2D eigenvalue weighted by Gasteiger charge is -2.12. The van der Waals surface area contributed by atoms with Crippen molar-refractivity contribution in [3.05, 3.63) is 78.1 Å². The Morgan fingerprint density at radius 3 is 2.51 bits per heavy atom. The number of hydrogen-bond acceptors (Lipinski definition) is 7. The van der Waals surface area contributed by atoms with Gasteiger partial charge >= 0.3 is 12.0 Å². The highest BCUT2D eigenvalue weighted by Crippen LogP contribution is 2.33. The Balaban J connectivity index is 1.50. The number of hydrogen-bond donors (Lipinski definition) is 3. The van der Waals surface area contributed by atoms with Gasteiger partial charge in [-0.3, -0.25) is 4.79 Å². The van der Waals surface area contributed by atoms with E-state index in [1.165, 1.54) is 13.3 Å². The predicted octanol–water partition coefficient (Wildman–Crippen LogP) is 5.13. The number of amides is 2. The zero-order chi connectivity index (χ0) is 26.2. The summed E-state index contributed by atoms with van der Waals surface area (Å²) in [5, 5.41) is 22.9. The Morgan fingerprint density at radius 2 is 1.81 bits per heavy atom. The summed E-state index contributed by atoms with van der Waals surface area (Å²) in [6.07, 6.45) is 3.84. The minimum absolute atomic E-state index is 0.223. The molecule has 4 rings (SSSR count). The molecule has 0 spiro atoms. The summed E-state index contributed by atoms with van der Waals surface area (Å²) < 4.78 is 12.0. The molecule has 37 heavy (non-hydrogen) atoms. The van der Waals surface area contributed by atoms with Crippen molar-refractivity contribution in [1.29, 1.82) is 5.26 Å². The Morgan fingerprint density at radius 1 is 1.08 bits per heavy atom. The van der Waals surface area contributed by atoms with Gasteiger partial charge in [-0.2, -0.15) is 10.4 Å². The predicted molar refractivity (Wildman–Crippen MR) is 139 cm³/mol. The molecule has 0 saturated heterocycles. The number of urea groups is 1. The highest BCUT2D eigenvalue weighted by Gasteiger charge is 2.17. The van der Waals surface area contributed by atoms with Crippen molar-refractivity contribution in [2.24, 2.45) is 0 Å². The molecule has 2 aromatic heterocycles. The number of carbonyl (C=O) groups is 2. The molecular formula is C27H26N6O4. The van der Waals surface area contributed by atoms with E-state index in [0.29, 0.717) is 41.2 Å². The van der Waals surface area contributed by atoms with Crippen molar-refractivity contribution < 1.29 is 19.1 Å². The number of nitrogens with one attached hydrogen (secondary N) is 3. The number of methoxy groups -OCH3 is 1. The van der Waals surface area contributed by atoms with Gasteiger partial charge in [-0.05, 0) is 49.7 Å². The van der Waals surface area contributed by atoms with E-state index in [2.05, 4.69) is 31.9 Å². The van der Waals surface area contributed by atoms with Crippen molar-refractivity contribution in [3.63, 3.8) is 0 Å². The van der Waals surface area contributed by atoms with Gasteiger partial charge in [-0.15, -0.1) is 0 Å². The first-order valence-electron chi connectivity index (χ1n) is 11.6. The number of aromatic nitrogens is 2. The zero-order valence-corrected chi connectivity index (χ0v) is 20.4. The first kappa shape index (κ1) is 25.1. The van der Waals surface area contributed by atoms with Gasteiger partial charge in [0.25, 0.3) is 0 Å². The summed E-state index contributed by atoms with van der Waals surface area (Å²) in [6, 6.07) is 18.6. The van der Waals surface area contributed by atoms with E-state index in [-0.39, 0.29) is 12.4 Å². The largest absolute Gasteiger partial charge is 0.469 e. The fourth-order valence-corrected chi connectivity index (χ4v) is 3.70. The van der Waals surface area contributed by atoms with E-state index in [4.69, 9.17) is 4.74 Å². The Labute approximate surface area is 213 Å². The molecule has 0 aliphatic rings. The molecule has 0 aliphatic heterocycles. The summed E-state index contributed by atoms with van der Waals surface area (Å²) in [4.78, 5) is 23.6. The maximum Gasteiger partial charge on any atom is 0.319 e. The number of para-hydroxylation sites is 1. The molecule has 188 valence electrons. The molecular weight excluding hydrogens is 472 g/mol. The summed E-state index contributed by atoms with van der Waals surface area (Å²) in [6.45, 7) is 2.16. The molecule has 0 atom stereocenters. The third-order valence-corrected chi connectivity index (χ3v) is 5.60. The second-order valence-corrected chi connectivity index (χ2v) is 8.13. The summed E-state index contributed by atoms with van der Waals surface area (Å²) in [5.41, 5.74) is 3.62. The number of rotatable bonds is 9. The van der Waals surface area contributed by atoms with Crippen LogP contribution in [0.3, 0.4) is 0 Å². The number of ether oxygens (including phenoxy) is 2. The molecule has 3 N–H and O–H groups in total. The van der Waals surface area contributed by atoms with E-state index < -0.39 is 6.03 Å². The quantitative estimate of drug-likeness (QED) is 0.216. The highest BCUT2D eigenvalue weighted by atomic mass is 16.5. The van der Waals surface area contributed by atoms with E-state index >= 15 is 0 Å². The van der Waals surface area contributed by atoms with Crippen molar-refractivity contribution >= 4 is 34.6 Å². The maximum atomic E-state index is 12.4. The SMILES string of the molecule is COC(=O)CCCNC(=O)Nc1cn2ncc(C#N)c(Nc3ccc(Oc4ccccc4)cc3)c2c1C. The van der Waals surface area contributed by atoms with Crippen LogP contribution >= 0.6 is 0 Å². The molecule has 0 bridgehead atoms. The monoisotopic (exact) mass is 498 g/mol. The minimum Gasteiger partial charge on any atom is -0.469 e. The van der Waals surface area contributed by atoms with Crippen LogP contribution in [-0.4, -0.2) is 35.3 Å². The number of nitrogens with zero attached hydrogens (tertiary/aromatic N) is 3. The van der Waals surface area contributed by atoms with Crippen LogP contribution in [0.2, 0.25) is 0 Å². The molecule has 0 saturated carbocycles. The molecule has 2 aromatic carbocycles. The molecule has 0 fully saturated rings. The number of fused-ring (bicyclic) bond motifs is 1. The number of esters is 1. The number of carbonyl (C=O) groups excluding carboxylic acids is 2. The van der Waals surface area contributed by atoms with E-state index in [9.17, 15) is 14.9 Å². The van der Waals surface area contributed by atoms with Gasteiger partial charge < -0.3 is 25.4 Å². The number of nitriles is 1. The molecule has 0 aliphatic carbocycles. The van der Waals surface area contributed by atoms with Gasteiger partial charge in [0.1, 0.15) is 17.6 Å². The average Bonchev–Trinajstić information content (AvgIpc) is 3.23. The van der Waals surface area contributed by atoms with Crippen molar-refractivity contribution in [3.8, 4) is 17.6 Å². The number of aryl methyl sites for hydroxylation is 1. The molecule has 10 nitrogen and oxygen atoms in total. The smallest absolute Gasteiger partial charge is 0.319 e. The molecule has 0 radical (unpaired) electrons. The van der Waals surface area contributed by atoms with Crippen LogP contribution in [0.4, 0.5) is 21.9 Å². The van der Waals surface area contributed by atoms with Gasteiger partial charge in [0.2, 0.25) is 0 Å². The Hall–Kier alpha value is -5.04. The van der Waals surface area contributed by atoms with Crippen molar-refractivity contribution in [1.82, 2.24) is 14.9 Å². The summed E-state index contributed by atoms with van der Waals surface area (Å²) >= 11 is 0. The normalized spacial score (nSPS) is 10.4. The summed E-state index contributed by atoms with van der Waals surface area (Å²) in [5.74, 6) is 1.09. The highest BCUT2D eigenvalue weighted by molar-refractivity contribution is 5.94. The molecule has 10 heteroatoms. The van der Waals surface area contributed by atoms with Crippen molar-refractivity contribution in [2.45, 2.75) is 19.8 Å². The van der Waals surface area contributed by atoms with Crippen LogP contribution in [0.15, 0.2) is 67.0 Å². The number of anilines is 3. The van der Waals surface area contributed by atoms with Crippen LogP contribution in [0.1, 0.15) is 24.0 Å². The van der Waals surface area contributed by atoms with Gasteiger partial charge in [-0.25, -0.2) is 9.31 Å². The molecule has 4 aromatic rings. The van der Waals surface area contributed by atoms with Crippen LogP contribution in [0.25, 0.3) is 5.52 Å². The molecule has 2 amide bonds. The van der Waals surface area contributed by atoms with Crippen LogP contribution in [0.5, 0.6) is 11.5 Å². The maximum absolute atomic E-state index is 12.4. The van der Waals surface area contributed by atoms with Gasteiger partial charge in [-0.1, -0.05) is 18.2 Å². The topological polar surface area (TPSA) is 130 Å². The fourth-order valence-electron chi connectivity index (χ4n) is 3.70. The average molecular weight is 499 g/mol. The zero-order valence-electron chi connectivity index (χ0n) is 20.4. The first-order valence-corrected chi connectivity index (χ1v) is 11.6. The third kappa shape index (κ3) is 6.15. The lowest BCUT2D eigenvalue weighted by atomic mass is 10.1. The van der Waals surface area contributed by atoms with Gasteiger partial charge in [0, 0.05) is 24.2 Å². The van der Waals surface area contributed by atoms with E-state index in [1.807, 2.05) is 61.5 Å². The lowest BCUT2D eigenvalue weighted by molar-refractivity contribution is -0.140. The van der Waals surface area contributed by atoms with Crippen molar-refractivity contribution in [2.75, 3.05) is 24.3 Å². The van der Waals surface area contributed by atoms with Gasteiger partial charge in [0.15, 0.2) is 0 Å². The Bertz CT molecular complexity index is 1440. The molecule has 2 heterocycles. The van der Waals surface area contributed by atoms with Crippen LogP contribution in [-0.2, 0) is 9.53 Å². The Kier molecular flexibility index (Phi) is 7.85. The van der Waals surface area contributed by atoms with E-state index in [1.54, 1.807) is 10.7 Å². The third-order valence-electron chi connectivity index (χ3n) is 5.60. The molecule has 0 unspecified atom stereocenters. The van der Waals surface area contributed by atoms with Gasteiger partial charge in [0.05, 0.1) is 42.0 Å². The van der Waals surface area contributed by atoms with E-state index in [0.717, 1.165) is 17.0 Å². The van der Waals surface area contributed by atoms with Crippen LogP contribution < -0.4 is 20.7 Å². The lowest BCUT2D eigenvalue weighted by Crippen LogP contribution is -2.29. The second kappa shape index (κ2) is 11.6. The standard InChI is InChI=1S/C27H26N6O4/c1-18-23(32-27(35)29-14-6-9-24(34)36-2)17-33-26(18)25(19(15-28)16-30-33)31-20-10-12-22(13-11-20)37-21-7-4-3-5-8-21/h3-5,7-8,10-13,16-17,31H,6,9,14H2,1-2H3,(H2,29,32,35). The second-order valence-electron chi connectivity index (χ2n) is 8.13. The fraction of sp³-hybridized carbons (Fsp3) is 0.185. The van der Waals surface area contributed by atoms with Crippen LogP contribution in [0, 0.1) is 18.3 Å². The number of benzene rings is 2. The summed E-state index contributed by atoms with van der Waals surface area (Å²) in [7, 11) is 1.33. The first-order chi connectivity index (χ1) is 18.0.